The Kier molecular flexibility index (Phi) is 8.50. The van der Waals surface area contributed by atoms with Crippen LogP contribution in [0.25, 0.3) is 5.69 Å². The predicted octanol–water partition coefficient (Wildman–Crippen LogP) is 3.67. The summed E-state index contributed by atoms with van der Waals surface area (Å²) in [6.07, 6.45) is 1.74. The molecule has 1 aliphatic heterocycles. The molecule has 0 spiro atoms. The molecule has 0 bridgehead atoms. The molecular formula is C25H30N4O4S2. The van der Waals surface area contributed by atoms with Gasteiger partial charge in [-0.15, -0.1) is 0 Å². The number of ether oxygens (including phenoxy) is 2. The standard InChI is InChI=1S/C25H30N4O4S2/c1-2-32-17-18-33-24-23(19-26-29(25(24)34)22-11-7-4-8-12-22)27-13-15-28(16-14-27)35(30,31)20-21-9-5-3-6-10-21/h3-12,19H,2,13-18,20H2,1H3. The highest BCUT2D eigenvalue weighted by Gasteiger charge is 2.29. The van der Waals surface area contributed by atoms with Gasteiger partial charge in [0.15, 0.2) is 10.4 Å². The highest BCUT2D eigenvalue weighted by molar-refractivity contribution is 7.88. The van der Waals surface area contributed by atoms with Gasteiger partial charge < -0.3 is 14.4 Å². The van der Waals surface area contributed by atoms with Gasteiger partial charge in [-0.25, -0.2) is 13.1 Å². The minimum absolute atomic E-state index is 0.0000932. The van der Waals surface area contributed by atoms with Crippen molar-refractivity contribution >= 4 is 27.9 Å². The largest absolute Gasteiger partial charge is 0.486 e. The quantitative estimate of drug-likeness (QED) is 0.302. The van der Waals surface area contributed by atoms with E-state index in [0.29, 0.717) is 56.4 Å². The second-order valence-electron chi connectivity index (χ2n) is 8.08. The van der Waals surface area contributed by atoms with Crippen LogP contribution in [-0.4, -0.2) is 68.5 Å². The summed E-state index contributed by atoms with van der Waals surface area (Å²) in [5.74, 6) is 0.555. The van der Waals surface area contributed by atoms with Crippen molar-refractivity contribution in [1.29, 1.82) is 0 Å². The van der Waals surface area contributed by atoms with Crippen molar-refractivity contribution in [3.63, 3.8) is 0 Å². The molecule has 0 unspecified atom stereocenters. The fourth-order valence-electron chi connectivity index (χ4n) is 3.97. The van der Waals surface area contributed by atoms with Crippen molar-refractivity contribution in [2.45, 2.75) is 12.7 Å². The number of aromatic nitrogens is 2. The number of hydrogen-bond donors (Lipinski definition) is 0. The van der Waals surface area contributed by atoms with Crippen LogP contribution >= 0.6 is 12.2 Å². The zero-order chi connectivity index (χ0) is 24.7. The summed E-state index contributed by atoms with van der Waals surface area (Å²) in [6.45, 7) is 5.14. The molecule has 0 N–H and O–H groups in total. The zero-order valence-electron chi connectivity index (χ0n) is 19.7. The van der Waals surface area contributed by atoms with E-state index in [0.717, 1.165) is 16.9 Å². The summed E-state index contributed by atoms with van der Waals surface area (Å²) >= 11 is 5.77. The summed E-state index contributed by atoms with van der Waals surface area (Å²) < 4.78 is 41.1. The summed E-state index contributed by atoms with van der Waals surface area (Å²) in [6, 6.07) is 18.9. The average molecular weight is 515 g/mol. The number of rotatable bonds is 10. The third-order valence-corrected chi connectivity index (χ3v) is 7.97. The van der Waals surface area contributed by atoms with E-state index in [1.807, 2.05) is 67.6 Å². The molecule has 1 aliphatic rings. The second kappa shape index (κ2) is 11.8. The smallest absolute Gasteiger partial charge is 0.218 e. The molecule has 35 heavy (non-hydrogen) atoms. The molecule has 0 aliphatic carbocycles. The number of hydrogen-bond acceptors (Lipinski definition) is 7. The number of nitrogens with zero attached hydrogens (tertiary/aromatic N) is 4. The van der Waals surface area contributed by atoms with Crippen molar-refractivity contribution in [2.24, 2.45) is 0 Å². The van der Waals surface area contributed by atoms with Gasteiger partial charge in [-0.3, -0.25) is 0 Å². The normalized spacial score (nSPS) is 14.7. The summed E-state index contributed by atoms with van der Waals surface area (Å²) in [5, 5.41) is 4.58. The van der Waals surface area contributed by atoms with Crippen LogP contribution < -0.4 is 9.64 Å². The number of benzene rings is 2. The highest BCUT2D eigenvalue weighted by atomic mass is 32.2. The maximum absolute atomic E-state index is 13.0. The zero-order valence-corrected chi connectivity index (χ0v) is 21.4. The van der Waals surface area contributed by atoms with E-state index in [-0.39, 0.29) is 5.75 Å². The molecule has 2 heterocycles. The van der Waals surface area contributed by atoms with Crippen LogP contribution in [0.15, 0.2) is 66.9 Å². The fraction of sp³-hybridized carbons (Fsp3) is 0.360. The molecular weight excluding hydrogens is 484 g/mol. The molecule has 186 valence electrons. The Labute approximate surface area is 211 Å². The topological polar surface area (TPSA) is 76.9 Å². The van der Waals surface area contributed by atoms with Crippen molar-refractivity contribution in [3.05, 3.63) is 77.1 Å². The number of sulfonamides is 1. The van der Waals surface area contributed by atoms with Gasteiger partial charge in [-0.05, 0) is 24.6 Å². The van der Waals surface area contributed by atoms with E-state index >= 15 is 0 Å². The third kappa shape index (κ3) is 6.26. The maximum atomic E-state index is 13.0. The SMILES string of the molecule is CCOCCOc1c(N2CCN(S(=O)(=O)Cc3ccccc3)CC2)cnn(-c2ccccc2)c1=S. The molecule has 4 rings (SSSR count). The molecule has 0 radical (unpaired) electrons. The Balaban J connectivity index is 1.53. The molecule has 0 atom stereocenters. The lowest BCUT2D eigenvalue weighted by molar-refractivity contribution is 0.110. The van der Waals surface area contributed by atoms with Gasteiger partial charge in [0.1, 0.15) is 12.3 Å². The van der Waals surface area contributed by atoms with Gasteiger partial charge in [-0.1, -0.05) is 60.7 Å². The summed E-state index contributed by atoms with van der Waals surface area (Å²) in [5.41, 5.74) is 2.39. The number of piperazine rings is 1. The lowest BCUT2D eigenvalue weighted by atomic mass is 10.2. The molecule has 10 heteroatoms. The van der Waals surface area contributed by atoms with Gasteiger partial charge in [0.05, 0.1) is 24.2 Å². The van der Waals surface area contributed by atoms with Crippen LogP contribution in [0.3, 0.4) is 0 Å². The molecule has 3 aromatic rings. The fourth-order valence-corrected chi connectivity index (χ4v) is 5.81. The Hall–Kier alpha value is -2.79. The lowest BCUT2D eigenvalue weighted by Gasteiger charge is -2.36. The Morgan fingerprint density at radius 1 is 0.943 bits per heavy atom. The van der Waals surface area contributed by atoms with Crippen molar-refractivity contribution in [1.82, 2.24) is 14.1 Å². The highest BCUT2D eigenvalue weighted by Crippen LogP contribution is 2.31. The van der Waals surface area contributed by atoms with Gasteiger partial charge in [-0.2, -0.15) is 9.40 Å². The molecule has 1 fully saturated rings. The van der Waals surface area contributed by atoms with Gasteiger partial charge in [0.2, 0.25) is 10.0 Å². The van der Waals surface area contributed by atoms with Gasteiger partial charge >= 0.3 is 0 Å². The predicted molar refractivity (Wildman–Crippen MR) is 139 cm³/mol. The van der Waals surface area contributed by atoms with E-state index in [1.165, 1.54) is 0 Å². The minimum atomic E-state index is -3.40. The summed E-state index contributed by atoms with van der Waals surface area (Å²) in [4.78, 5) is 2.09. The van der Waals surface area contributed by atoms with Crippen LogP contribution in [-0.2, 0) is 20.5 Å². The van der Waals surface area contributed by atoms with E-state index in [2.05, 4.69) is 10.00 Å². The second-order valence-corrected chi connectivity index (χ2v) is 10.4. The maximum Gasteiger partial charge on any atom is 0.218 e. The van der Waals surface area contributed by atoms with E-state index in [9.17, 15) is 8.42 Å². The molecule has 0 amide bonds. The minimum Gasteiger partial charge on any atom is -0.486 e. The van der Waals surface area contributed by atoms with Crippen LogP contribution in [0.2, 0.25) is 0 Å². The third-order valence-electron chi connectivity index (χ3n) is 5.76. The summed E-state index contributed by atoms with van der Waals surface area (Å²) in [7, 11) is -3.40. The van der Waals surface area contributed by atoms with E-state index < -0.39 is 10.0 Å². The monoisotopic (exact) mass is 514 g/mol. The molecule has 1 saturated heterocycles. The van der Waals surface area contributed by atoms with Crippen LogP contribution in [0.1, 0.15) is 12.5 Å². The first-order valence-electron chi connectivity index (χ1n) is 11.6. The molecule has 0 saturated carbocycles. The molecule has 1 aromatic heterocycles. The van der Waals surface area contributed by atoms with Crippen molar-refractivity contribution < 1.29 is 17.9 Å². The van der Waals surface area contributed by atoms with Crippen LogP contribution in [0.4, 0.5) is 5.69 Å². The van der Waals surface area contributed by atoms with Gasteiger partial charge in [0, 0.05) is 32.8 Å². The van der Waals surface area contributed by atoms with E-state index in [1.54, 1.807) is 15.2 Å². The number of para-hydroxylation sites is 1. The van der Waals surface area contributed by atoms with Crippen LogP contribution in [0.5, 0.6) is 5.75 Å². The molecule has 2 aromatic carbocycles. The van der Waals surface area contributed by atoms with Gasteiger partial charge in [0.25, 0.3) is 0 Å². The average Bonchev–Trinajstić information content (AvgIpc) is 2.88. The first-order valence-corrected chi connectivity index (χ1v) is 13.7. The Morgan fingerprint density at radius 2 is 1.60 bits per heavy atom. The van der Waals surface area contributed by atoms with Crippen LogP contribution in [0, 0.1) is 4.64 Å². The first kappa shape index (κ1) is 25.3. The van der Waals surface area contributed by atoms with Crippen molar-refractivity contribution in [2.75, 3.05) is 50.9 Å². The Morgan fingerprint density at radius 3 is 2.26 bits per heavy atom. The number of anilines is 1. The van der Waals surface area contributed by atoms with Crippen molar-refractivity contribution in [3.8, 4) is 11.4 Å². The lowest BCUT2D eigenvalue weighted by Crippen LogP contribution is -2.49. The van der Waals surface area contributed by atoms with E-state index in [4.69, 9.17) is 21.7 Å². The molecule has 8 nitrogen and oxygen atoms in total. The Bertz CT molecular complexity index is 1260. The first-order chi connectivity index (χ1) is 17.0.